The van der Waals surface area contributed by atoms with E-state index in [1.165, 1.54) is 16.7 Å². The lowest BCUT2D eigenvalue weighted by atomic mass is 9.98. The van der Waals surface area contributed by atoms with Gasteiger partial charge in [-0.25, -0.2) is 0 Å². The second-order valence-electron chi connectivity index (χ2n) is 6.68. The summed E-state index contributed by atoms with van der Waals surface area (Å²) in [6.45, 7) is 8.42. The van der Waals surface area contributed by atoms with Crippen LogP contribution in [-0.4, -0.2) is 20.9 Å². The van der Waals surface area contributed by atoms with Crippen LogP contribution < -0.4 is 10.1 Å². The molecule has 1 atom stereocenters. The average Bonchev–Trinajstić information content (AvgIpc) is 2.77. The molecule has 1 aromatic heterocycles. The lowest BCUT2D eigenvalue weighted by Gasteiger charge is -2.23. The van der Waals surface area contributed by atoms with Crippen LogP contribution in [0.15, 0.2) is 41.6 Å². The maximum Gasteiger partial charge on any atom is 0.247 e. The molecule has 0 saturated heterocycles. The van der Waals surface area contributed by atoms with Crippen molar-refractivity contribution in [1.82, 2.24) is 15.2 Å². The summed E-state index contributed by atoms with van der Waals surface area (Å²) in [6.07, 6.45) is -0.343. The van der Waals surface area contributed by atoms with Crippen LogP contribution in [0.1, 0.15) is 35.4 Å². The Bertz CT molecular complexity index is 982. The van der Waals surface area contributed by atoms with Crippen LogP contribution in [0.25, 0.3) is 11.3 Å². The number of nitrogens with zero attached hydrogens (tertiary/aromatic N) is 3. The number of benzene rings is 2. The third kappa shape index (κ3) is 3.37. The van der Waals surface area contributed by atoms with Gasteiger partial charge in [0.1, 0.15) is 0 Å². The van der Waals surface area contributed by atoms with Crippen molar-refractivity contribution < 1.29 is 4.74 Å². The fourth-order valence-electron chi connectivity index (χ4n) is 3.57. The van der Waals surface area contributed by atoms with Gasteiger partial charge in [0.2, 0.25) is 11.0 Å². The van der Waals surface area contributed by atoms with E-state index in [2.05, 4.69) is 60.3 Å². The zero-order valence-electron chi connectivity index (χ0n) is 15.9. The molecule has 1 N–H and O–H groups in total. The first-order chi connectivity index (χ1) is 13.1. The molecule has 0 spiro atoms. The van der Waals surface area contributed by atoms with Gasteiger partial charge in [-0.3, -0.25) is 0 Å². The Morgan fingerprint density at radius 2 is 1.81 bits per heavy atom. The Labute approximate surface area is 163 Å². The Morgan fingerprint density at radius 1 is 1.07 bits per heavy atom. The van der Waals surface area contributed by atoms with E-state index in [1.54, 1.807) is 11.8 Å². The first-order valence-corrected chi connectivity index (χ1v) is 10.0. The van der Waals surface area contributed by atoms with Crippen LogP contribution >= 0.6 is 11.8 Å². The van der Waals surface area contributed by atoms with E-state index in [4.69, 9.17) is 4.74 Å². The molecule has 4 rings (SSSR count). The van der Waals surface area contributed by atoms with Crippen molar-refractivity contribution in [2.24, 2.45) is 0 Å². The van der Waals surface area contributed by atoms with Crippen LogP contribution in [0.4, 0.5) is 5.69 Å². The van der Waals surface area contributed by atoms with Crippen molar-refractivity contribution in [3.63, 3.8) is 0 Å². The first-order valence-electron chi connectivity index (χ1n) is 9.04. The Hall–Kier alpha value is -2.60. The molecule has 0 aliphatic carbocycles. The molecular weight excluding hydrogens is 356 g/mol. The predicted molar refractivity (Wildman–Crippen MR) is 109 cm³/mol. The van der Waals surface area contributed by atoms with Crippen LogP contribution in [0, 0.1) is 20.8 Å². The van der Waals surface area contributed by atoms with E-state index in [-0.39, 0.29) is 6.23 Å². The molecule has 2 aromatic carbocycles. The predicted octanol–water partition coefficient (Wildman–Crippen LogP) is 5.08. The molecular formula is C21H22N4OS. The molecule has 6 heteroatoms. The topological polar surface area (TPSA) is 59.9 Å². The largest absolute Gasteiger partial charge is 0.448 e. The van der Waals surface area contributed by atoms with Crippen molar-refractivity contribution in [1.29, 1.82) is 0 Å². The highest BCUT2D eigenvalue weighted by atomic mass is 32.2. The monoisotopic (exact) mass is 378 g/mol. The first kappa shape index (κ1) is 17.8. The van der Waals surface area contributed by atoms with Gasteiger partial charge in [0.15, 0.2) is 11.9 Å². The summed E-state index contributed by atoms with van der Waals surface area (Å²) in [5.74, 6) is 1.40. The Balaban J connectivity index is 1.87. The number of aromatic nitrogens is 3. The molecule has 27 heavy (non-hydrogen) atoms. The number of nitrogens with one attached hydrogen (secondary N) is 1. The molecule has 3 aromatic rings. The highest BCUT2D eigenvalue weighted by Gasteiger charge is 2.27. The van der Waals surface area contributed by atoms with Crippen molar-refractivity contribution in [2.45, 2.75) is 39.1 Å². The second kappa shape index (κ2) is 7.19. The molecule has 5 nitrogen and oxygen atoms in total. The number of anilines is 1. The van der Waals surface area contributed by atoms with Gasteiger partial charge < -0.3 is 10.1 Å². The molecule has 1 unspecified atom stereocenters. The third-order valence-electron chi connectivity index (χ3n) is 4.61. The second-order valence-corrected chi connectivity index (χ2v) is 7.91. The van der Waals surface area contributed by atoms with E-state index in [1.807, 2.05) is 24.3 Å². The normalized spacial score (nSPS) is 15.2. The molecule has 1 aliphatic heterocycles. The molecule has 1 aliphatic rings. The number of hydrogen-bond acceptors (Lipinski definition) is 6. The minimum Gasteiger partial charge on any atom is -0.448 e. The van der Waals surface area contributed by atoms with Gasteiger partial charge in [-0.05, 0) is 43.7 Å². The lowest BCUT2D eigenvalue weighted by molar-refractivity contribution is 0.224. The molecule has 2 heterocycles. The number of thioether (sulfide) groups is 1. The summed E-state index contributed by atoms with van der Waals surface area (Å²) in [6, 6.07) is 12.4. The zero-order chi connectivity index (χ0) is 19.0. The SMILES string of the molecule is CCSc1nnc2c(n1)OC(c1c(C)cc(C)cc1C)Nc1ccccc1-2. The number of hydrogen-bond donors (Lipinski definition) is 1. The fraction of sp³-hybridized carbons (Fsp3) is 0.286. The van der Waals surface area contributed by atoms with Gasteiger partial charge in [-0.15, -0.1) is 10.2 Å². The maximum absolute atomic E-state index is 6.38. The zero-order valence-corrected chi connectivity index (χ0v) is 16.7. The number of aryl methyl sites for hydroxylation is 3. The summed E-state index contributed by atoms with van der Waals surface area (Å²) in [4.78, 5) is 4.64. The van der Waals surface area contributed by atoms with Gasteiger partial charge >= 0.3 is 0 Å². The fourth-order valence-corrected chi connectivity index (χ4v) is 4.08. The molecule has 0 bridgehead atoms. The molecule has 0 radical (unpaired) electrons. The summed E-state index contributed by atoms with van der Waals surface area (Å²) < 4.78 is 6.38. The van der Waals surface area contributed by atoms with Crippen LogP contribution in [0.3, 0.4) is 0 Å². The van der Waals surface area contributed by atoms with E-state index in [0.29, 0.717) is 16.7 Å². The van der Waals surface area contributed by atoms with Crippen molar-refractivity contribution in [3.8, 4) is 17.1 Å². The highest BCUT2D eigenvalue weighted by Crippen LogP contribution is 2.40. The van der Waals surface area contributed by atoms with E-state index in [0.717, 1.165) is 22.6 Å². The van der Waals surface area contributed by atoms with Crippen molar-refractivity contribution >= 4 is 17.4 Å². The van der Waals surface area contributed by atoms with Gasteiger partial charge in [-0.1, -0.05) is 54.6 Å². The summed E-state index contributed by atoms with van der Waals surface area (Å²) in [5, 5.41) is 12.9. The standard InChI is InChI=1S/C21H22N4OS/c1-5-27-21-23-20-18(24-25-21)15-8-6-7-9-16(15)22-19(26-20)17-13(3)10-12(2)11-14(17)4/h6-11,19,22H,5H2,1-4H3. The molecule has 0 amide bonds. The van der Waals surface area contributed by atoms with Gasteiger partial charge in [0, 0.05) is 16.8 Å². The van der Waals surface area contributed by atoms with Gasteiger partial charge in [0.05, 0.1) is 0 Å². The minimum atomic E-state index is -0.343. The van der Waals surface area contributed by atoms with Gasteiger partial charge in [-0.2, -0.15) is 4.98 Å². The van der Waals surface area contributed by atoms with E-state index in [9.17, 15) is 0 Å². The number of rotatable bonds is 3. The minimum absolute atomic E-state index is 0.343. The van der Waals surface area contributed by atoms with E-state index < -0.39 is 0 Å². The summed E-state index contributed by atoms with van der Waals surface area (Å²) in [5.41, 5.74) is 7.34. The van der Waals surface area contributed by atoms with E-state index >= 15 is 0 Å². The number of ether oxygens (including phenoxy) is 1. The summed E-state index contributed by atoms with van der Waals surface area (Å²) >= 11 is 1.56. The van der Waals surface area contributed by atoms with Gasteiger partial charge in [0.25, 0.3) is 0 Å². The number of para-hydroxylation sites is 1. The highest BCUT2D eigenvalue weighted by molar-refractivity contribution is 7.99. The Morgan fingerprint density at radius 3 is 2.56 bits per heavy atom. The van der Waals surface area contributed by atoms with Crippen molar-refractivity contribution in [2.75, 3.05) is 11.1 Å². The van der Waals surface area contributed by atoms with Crippen molar-refractivity contribution in [3.05, 3.63) is 58.7 Å². The molecule has 0 saturated carbocycles. The van der Waals surface area contributed by atoms with Crippen LogP contribution in [0.2, 0.25) is 0 Å². The van der Waals surface area contributed by atoms with Crippen LogP contribution in [-0.2, 0) is 0 Å². The number of fused-ring (bicyclic) bond motifs is 3. The lowest BCUT2D eigenvalue weighted by Crippen LogP contribution is -2.19. The summed E-state index contributed by atoms with van der Waals surface area (Å²) in [7, 11) is 0. The van der Waals surface area contributed by atoms with Crippen LogP contribution in [0.5, 0.6) is 5.88 Å². The maximum atomic E-state index is 6.38. The smallest absolute Gasteiger partial charge is 0.247 e. The molecule has 0 fully saturated rings. The average molecular weight is 379 g/mol. The Kier molecular flexibility index (Phi) is 4.74. The molecule has 138 valence electrons. The quantitative estimate of drug-likeness (QED) is 0.642. The third-order valence-corrected chi connectivity index (χ3v) is 5.33.